The van der Waals surface area contributed by atoms with Crippen molar-refractivity contribution >= 4 is 32.2 Å². The van der Waals surface area contributed by atoms with Gasteiger partial charge in [0.2, 0.25) is 0 Å². The van der Waals surface area contributed by atoms with E-state index in [-0.39, 0.29) is 11.7 Å². The quantitative estimate of drug-likeness (QED) is 0.689. The molecule has 2 aromatic rings. The third-order valence-corrected chi connectivity index (χ3v) is 7.14. The molecule has 1 saturated heterocycles. The van der Waals surface area contributed by atoms with Gasteiger partial charge in [-0.05, 0) is 43.0 Å². The first-order valence-electron chi connectivity index (χ1n) is 8.80. The van der Waals surface area contributed by atoms with Gasteiger partial charge >= 0.3 is 0 Å². The Morgan fingerprint density at radius 3 is 2.64 bits per heavy atom. The summed E-state index contributed by atoms with van der Waals surface area (Å²) in [6.07, 6.45) is 1.34. The van der Waals surface area contributed by atoms with Gasteiger partial charge in [-0.2, -0.15) is 0 Å². The summed E-state index contributed by atoms with van der Waals surface area (Å²) in [6.45, 7) is 4.60. The number of carbonyl (C=O) groups is 1. The molecule has 0 spiro atoms. The summed E-state index contributed by atoms with van der Waals surface area (Å²) in [5.41, 5.74) is 1.54. The van der Waals surface area contributed by atoms with Gasteiger partial charge in [-0.3, -0.25) is 10.1 Å². The van der Waals surface area contributed by atoms with E-state index in [1.165, 1.54) is 11.3 Å². The fourth-order valence-corrected chi connectivity index (χ4v) is 5.06. The molecule has 7 nitrogen and oxygen atoms in total. The highest BCUT2D eigenvalue weighted by Gasteiger charge is 2.28. The summed E-state index contributed by atoms with van der Waals surface area (Å²) in [6, 6.07) is 7.35. The highest BCUT2D eigenvalue weighted by atomic mass is 32.2. The molecule has 1 aliphatic heterocycles. The van der Waals surface area contributed by atoms with Crippen LogP contribution in [0.1, 0.15) is 12.8 Å². The van der Waals surface area contributed by atoms with Crippen molar-refractivity contribution in [1.82, 2.24) is 4.98 Å². The fourth-order valence-electron chi connectivity index (χ4n) is 2.86. The van der Waals surface area contributed by atoms with Crippen LogP contribution in [0.25, 0.3) is 11.3 Å². The lowest BCUT2D eigenvalue weighted by Crippen LogP contribution is -2.28. The van der Waals surface area contributed by atoms with Crippen LogP contribution in [0.5, 0.6) is 5.75 Å². The number of sulfone groups is 1. The van der Waals surface area contributed by atoms with Crippen LogP contribution in [-0.2, 0) is 19.4 Å². The second kappa shape index (κ2) is 8.85. The number of amides is 1. The van der Waals surface area contributed by atoms with E-state index in [2.05, 4.69) is 16.9 Å². The summed E-state index contributed by atoms with van der Waals surface area (Å²) in [4.78, 5) is 16.3. The number of benzene rings is 1. The van der Waals surface area contributed by atoms with Crippen LogP contribution in [0.4, 0.5) is 5.13 Å². The van der Waals surface area contributed by atoms with Gasteiger partial charge in [0.25, 0.3) is 5.91 Å². The van der Waals surface area contributed by atoms with Gasteiger partial charge in [-0.15, -0.1) is 11.3 Å². The van der Waals surface area contributed by atoms with Gasteiger partial charge in [0, 0.05) is 24.2 Å². The van der Waals surface area contributed by atoms with E-state index in [0.29, 0.717) is 36.9 Å². The Balaban J connectivity index is 1.63. The normalized spacial score (nSPS) is 15.2. The van der Waals surface area contributed by atoms with Gasteiger partial charge in [-0.1, -0.05) is 6.58 Å². The maximum Gasteiger partial charge on any atom is 0.268 e. The highest BCUT2D eigenvalue weighted by Crippen LogP contribution is 2.27. The summed E-state index contributed by atoms with van der Waals surface area (Å²) < 4.78 is 35.3. The number of hydrogen-bond acceptors (Lipinski definition) is 7. The Morgan fingerprint density at radius 1 is 1.32 bits per heavy atom. The molecular weight excluding hydrogens is 400 g/mol. The number of thiazole rings is 1. The molecule has 0 radical (unpaired) electrons. The van der Waals surface area contributed by atoms with Crippen LogP contribution in [0.2, 0.25) is 0 Å². The first kappa shape index (κ1) is 20.5. The maximum atomic E-state index is 12.5. The molecule has 3 rings (SSSR count). The fraction of sp³-hybridized carbons (Fsp3) is 0.368. The van der Waals surface area contributed by atoms with Gasteiger partial charge in [0.1, 0.15) is 10.7 Å². The van der Waals surface area contributed by atoms with Crippen molar-refractivity contribution in [1.29, 1.82) is 0 Å². The second-order valence-corrected chi connectivity index (χ2v) is 9.39. The van der Waals surface area contributed by atoms with E-state index < -0.39 is 20.6 Å². The van der Waals surface area contributed by atoms with Crippen LogP contribution in [0, 0.1) is 5.92 Å². The molecule has 28 heavy (non-hydrogen) atoms. The SMILES string of the molecule is C=C(C(=O)Nc1nc(-c2ccc(OC)cc2)cs1)S(=O)(=O)CC1CCOCC1. The number of nitrogens with zero attached hydrogens (tertiary/aromatic N) is 1. The monoisotopic (exact) mass is 422 g/mol. The number of aromatic nitrogens is 1. The number of rotatable bonds is 7. The second-order valence-electron chi connectivity index (χ2n) is 6.48. The molecule has 2 heterocycles. The molecule has 0 bridgehead atoms. The molecule has 150 valence electrons. The average molecular weight is 423 g/mol. The molecule has 1 aromatic heterocycles. The Bertz CT molecular complexity index is 945. The number of hydrogen-bond donors (Lipinski definition) is 1. The molecule has 1 fully saturated rings. The molecule has 1 aliphatic rings. The minimum Gasteiger partial charge on any atom is -0.497 e. The Kier molecular flexibility index (Phi) is 6.48. The largest absolute Gasteiger partial charge is 0.497 e. The minimum absolute atomic E-state index is 0.00941. The molecule has 1 N–H and O–H groups in total. The third-order valence-electron chi connectivity index (χ3n) is 4.54. The van der Waals surface area contributed by atoms with E-state index in [1.807, 2.05) is 24.3 Å². The molecular formula is C19H22N2O5S2. The van der Waals surface area contributed by atoms with Crippen molar-refractivity contribution in [2.45, 2.75) is 12.8 Å². The summed E-state index contributed by atoms with van der Waals surface area (Å²) in [5.74, 6) is -0.108. The zero-order chi connectivity index (χ0) is 20.1. The van der Waals surface area contributed by atoms with E-state index in [4.69, 9.17) is 9.47 Å². The van der Waals surface area contributed by atoms with Crippen LogP contribution in [0.15, 0.2) is 41.1 Å². The smallest absolute Gasteiger partial charge is 0.268 e. The number of methoxy groups -OCH3 is 1. The van der Waals surface area contributed by atoms with Crippen molar-refractivity contribution in [2.75, 3.05) is 31.4 Å². The van der Waals surface area contributed by atoms with E-state index in [9.17, 15) is 13.2 Å². The van der Waals surface area contributed by atoms with Gasteiger partial charge in [-0.25, -0.2) is 13.4 Å². The van der Waals surface area contributed by atoms with Crippen molar-refractivity contribution < 1.29 is 22.7 Å². The number of ether oxygens (including phenoxy) is 2. The third kappa shape index (κ3) is 4.98. The predicted octanol–water partition coefficient (Wildman–Crippen LogP) is 3.11. The lowest BCUT2D eigenvalue weighted by Gasteiger charge is -2.21. The van der Waals surface area contributed by atoms with Gasteiger partial charge in [0.15, 0.2) is 15.0 Å². The molecule has 9 heteroatoms. The standard InChI is InChI=1S/C19H22N2O5S2/c1-13(28(23,24)12-14-7-9-26-10-8-14)18(22)21-19-20-17(11-27-19)15-3-5-16(25-2)6-4-15/h3-6,11,14H,1,7-10,12H2,2H3,(H,20,21,22). The molecule has 0 aliphatic carbocycles. The first-order chi connectivity index (χ1) is 13.4. The number of nitrogens with one attached hydrogen (secondary N) is 1. The minimum atomic E-state index is -3.73. The van der Waals surface area contributed by atoms with Crippen molar-refractivity contribution in [3.05, 3.63) is 41.1 Å². The van der Waals surface area contributed by atoms with Crippen LogP contribution in [0.3, 0.4) is 0 Å². The zero-order valence-electron chi connectivity index (χ0n) is 15.5. The van der Waals surface area contributed by atoms with Crippen LogP contribution < -0.4 is 10.1 Å². The average Bonchev–Trinajstić information content (AvgIpc) is 3.16. The van der Waals surface area contributed by atoms with Crippen LogP contribution >= 0.6 is 11.3 Å². The van der Waals surface area contributed by atoms with Crippen molar-refractivity contribution in [2.24, 2.45) is 5.92 Å². The number of carbonyl (C=O) groups excluding carboxylic acids is 1. The number of anilines is 1. The van der Waals surface area contributed by atoms with E-state index in [1.54, 1.807) is 12.5 Å². The molecule has 1 amide bonds. The lowest BCUT2D eigenvalue weighted by atomic mass is 10.0. The zero-order valence-corrected chi connectivity index (χ0v) is 17.1. The topological polar surface area (TPSA) is 94.6 Å². The highest BCUT2D eigenvalue weighted by molar-refractivity contribution is 7.96. The Labute approximate surface area is 168 Å². The summed E-state index contributed by atoms with van der Waals surface area (Å²) in [5, 5.41) is 4.64. The van der Waals surface area contributed by atoms with E-state index in [0.717, 1.165) is 11.3 Å². The molecule has 1 aromatic carbocycles. The Hall–Kier alpha value is -2.23. The molecule has 0 saturated carbocycles. The predicted molar refractivity (Wildman–Crippen MR) is 109 cm³/mol. The first-order valence-corrected chi connectivity index (χ1v) is 11.3. The van der Waals surface area contributed by atoms with Crippen molar-refractivity contribution in [3.63, 3.8) is 0 Å². The van der Waals surface area contributed by atoms with Crippen LogP contribution in [-0.4, -0.2) is 45.4 Å². The van der Waals surface area contributed by atoms with Gasteiger partial charge in [0.05, 0.1) is 18.6 Å². The Morgan fingerprint density at radius 2 is 2.00 bits per heavy atom. The maximum absolute atomic E-state index is 12.5. The van der Waals surface area contributed by atoms with E-state index >= 15 is 0 Å². The molecule has 0 atom stereocenters. The molecule has 0 unspecified atom stereocenters. The summed E-state index contributed by atoms with van der Waals surface area (Å²) >= 11 is 1.22. The summed E-state index contributed by atoms with van der Waals surface area (Å²) in [7, 11) is -2.14. The van der Waals surface area contributed by atoms with Gasteiger partial charge < -0.3 is 9.47 Å². The lowest BCUT2D eigenvalue weighted by molar-refractivity contribution is -0.112. The van der Waals surface area contributed by atoms with Crippen molar-refractivity contribution in [3.8, 4) is 17.0 Å².